The second kappa shape index (κ2) is 7.92. The molecule has 0 unspecified atom stereocenters. The molecule has 0 saturated carbocycles. The minimum atomic E-state index is -3.38. The molecule has 0 aromatic heterocycles. The Morgan fingerprint density at radius 2 is 1.67 bits per heavy atom. The van der Waals surface area contributed by atoms with Gasteiger partial charge in [0.15, 0.2) is 0 Å². The van der Waals surface area contributed by atoms with E-state index in [0.29, 0.717) is 10.8 Å². The molecule has 0 saturated heterocycles. The number of hydrogen-bond acceptors (Lipinski definition) is 3. The van der Waals surface area contributed by atoms with Crippen molar-refractivity contribution in [3.05, 3.63) is 29.8 Å². The van der Waals surface area contributed by atoms with Gasteiger partial charge in [-0.15, -0.1) is 0 Å². The Bertz CT molecular complexity index is 522. The van der Waals surface area contributed by atoms with E-state index in [1.165, 1.54) is 4.31 Å². The first-order chi connectivity index (χ1) is 9.75. The topological polar surface area (TPSA) is 49.4 Å². The van der Waals surface area contributed by atoms with E-state index in [1.54, 1.807) is 19.2 Å². The summed E-state index contributed by atoms with van der Waals surface area (Å²) in [6.07, 6.45) is 1.14. The van der Waals surface area contributed by atoms with Gasteiger partial charge in [0.2, 0.25) is 10.0 Å². The summed E-state index contributed by atoms with van der Waals surface area (Å²) < 4.78 is 26.1. The van der Waals surface area contributed by atoms with Crippen LogP contribution < -0.4 is 5.32 Å². The summed E-state index contributed by atoms with van der Waals surface area (Å²) in [7, 11) is -1.77. The normalized spacial score (nSPS) is 12.6. The van der Waals surface area contributed by atoms with Crippen molar-refractivity contribution >= 4 is 10.0 Å². The fourth-order valence-corrected chi connectivity index (χ4v) is 3.21. The fourth-order valence-electron chi connectivity index (χ4n) is 1.85. The highest BCUT2D eigenvalue weighted by Gasteiger charge is 2.22. The molecule has 1 rings (SSSR count). The molecular formula is C16H28N2O2S. The lowest BCUT2D eigenvalue weighted by Gasteiger charge is -2.21. The van der Waals surface area contributed by atoms with Gasteiger partial charge in [0.1, 0.15) is 0 Å². The van der Waals surface area contributed by atoms with Gasteiger partial charge in [-0.25, -0.2) is 8.42 Å². The van der Waals surface area contributed by atoms with Gasteiger partial charge in [-0.1, -0.05) is 26.0 Å². The highest BCUT2D eigenvalue weighted by atomic mass is 32.2. The van der Waals surface area contributed by atoms with Gasteiger partial charge < -0.3 is 5.32 Å². The number of nitrogens with one attached hydrogen (secondary N) is 1. The minimum absolute atomic E-state index is 0.0487. The zero-order chi connectivity index (χ0) is 16.0. The number of rotatable bonds is 8. The number of benzene rings is 1. The van der Waals surface area contributed by atoms with E-state index < -0.39 is 10.0 Å². The highest BCUT2D eigenvalue weighted by molar-refractivity contribution is 7.89. The maximum atomic E-state index is 12.3. The van der Waals surface area contributed by atoms with Crippen LogP contribution in [-0.2, 0) is 16.6 Å². The number of nitrogens with zero attached hydrogens (tertiary/aromatic N) is 1. The smallest absolute Gasteiger partial charge is 0.243 e. The second-order valence-electron chi connectivity index (χ2n) is 6.12. The molecule has 0 aliphatic heterocycles. The summed E-state index contributed by atoms with van der Waals surface area (Å²) in [6, 6.07) is 7.08. The third-order valence-electron chi connectivity index (χ3n) is 3.56. The van der Waals surface area contributed by atoms with Crippen molar-refractivity contribution in [2.24, 2.45) is 5.92 Å². The highest BCUT2D eigenvalue weighted by Crippen LogP contribution is 2.17. The molecule has 1 aromatic carbocycles. The summed E-state index contributed by atoms with van der Waals surface area (Å²) >= 11 is 0. The summed E-state index contributed by atoms with van der Waals surface area (Å²) in [5.74, 6) is 0.691. The molecule has 0 atom stereocenters. The molecule has 0 bridgehead atoms. The van der Waals surface area contributed by atoms with Crippen molar-refractivity contribution in [2.75, 3.05) is 13.6 Å². The molecule has 0 spiro atoms. The van der Waals surface area contributed by atoms with Crippen LogP contribution in [0.25, 0.3) is 0 Å². The van der Waals surface area contributed by atoms with Crippen molar-refractivity contribution in [1.29, 1.82) is 0 Å². The van der Waals surface area contributed by atoms with Gasteiger partial charge >= 0.3 is 0 Å². The summed E-state index contributed by atoms with van der Waals surface area (Å²) in [4.78, 5) is 0.352. The predicted octanol–water partition coefficient (Wildman–Crippen LogP) is 2.85. The van der Waals surface area contributed by atoms with E-state index in [4.69, 9.17) is 0 Å². The molecule has 1 N–H and O–H groups in total. The van der Waals surface area contributed by atoms with Crippen LogP contribution >= 0.6 is 0 Å². The van der Waals surface area contributed by atoms with Gasteiger partial charge in [0, 0.05) is 19.6 Å². The summed E-state index contributed by atoms with van der Waals surface area (Å²) in [5, 5.41) is 3.37. The lowest BCUT2D eigenvalue weighted by atomic mass is 10.1. The lowest BCUT2D eigenvalue weighted by molar-refractivity contribution is 0.410. The quantitative estimate of drug-likeness (QED) is 0.751. The van der Waals surface area contributed by atoms with Crippen LogP contribution in [0.5, 0.6) is 0 Å². The van der Waals surface area contributed by atoms with Crippen molar-refractivity contribution in [1.82, 2.24) is 9.62 Å². The maximum Gasteiger partial charge on any atom is 0.243 e. The maximum absolute atomic E-state index is 12.3. The van der Waals surface area contributed by atoms with Gasteiger partial charge in [-0.2, -0.15) is 4.31 Å². The molecule has 0 fully saturated rings. The van der Waals surface area contributed by atoms with Crippen LogP contribution in [0.2, 0.25) is 0 Å². The Balaban J connectivity index is 2.66. The van der Waals surface area contributed by atoms with E-state index >= 15 is 0 Å². The SMILES string of the molecule is CC(C)CCNCc1ccc(S(=O)(=O)N(C)C(C)C)cc1. The first kappa shape index (κ1) is 18.1. The molecule has 0 heterocycles. The third kappa shape index (κ3) is 5.41. The van der Waals surface area contributed by atoms with Crippen LogP contribution in [0.1, 0.15) is 39.7 Å². The Kier molecular flexibility index (Phi) is 6.84. The predicted molar refractivity (Wildman–Crippen MR) is 87.7 cm³/mol. The van der Waals surface area contributed by atoms with Gasteiger partial charge in [-0.3, -0.25) is 0 Å². The summed E-state index contributed by atoms with van der Waals surface area (Å²) in [5.41, 5.74) is 1.10. The molecule has 4 nitrogen and oxygen atoms in total. The van der Waals surface area contributed by atoms with Gasteiger partial charge in [0.25, 0.3) is 0 Å². The Morgan fingerprint density at radius 3 is 2.14 bits per heavy atom. The van der Waals surface area contributed by atoms with E-state index in [0.717, 1.165) is 25.1 Å². The molecule has 120 valence electrons. The first-order valence-electron chi connectivity index (χ1n) is 7.53. The van der Waals surface area contributed by atoms with Crippen LogP contribution in [0.4, 0.5) is 0 Å². The molecule has 5 heteroatoms. The standard InChI is InChI=1S/C16H28N2O2S/c1-13(2)10-11-17-12-15-6-8-16(9-7-15)21(19,20)18(5)14(3)4/h6-9,13-14,17H,10-12H2,1-5H3. The molecule has 0 radical (unpaired) electrons. The van der Waals surface area contributed by atoms with Crippen LogP contribution in [0, 0.1) is 5.92 Å². The molecular weight excluding hydrogens is 284 g/mol. The largest absolute Gasteiger partial charge is 0.313 e. The van der Waals surface area contributed by atoms with E-state index in [-0.39, 0.29) is 6.04 Å². The average Bonchev–Trinajstić information content (AvgIpc) is 2.43. The zero-order valence-corrected chi connectivity index (χ0v) is 14.6. The lowest BCUT2D eigenvalue weighted by Crippen LogP contribution is -2.33. The average molecular weight is 312 g/mol. The Morgan fingerprint density at radius 1 is 1.10 bits per heavy atom. The second-order valence-corrected chi connectivity index (χ2v) is 8.12. The Hall–Kier alpha value is -0.910. The van der Waals surface area contributed by atoms with Crippen LogP contribution in [0.3, 0.4) is 0 Å². The van der Waals surface area contributed by atoms with Gasteiger partial charge in [-0.05, 0) is 50.4 Å². The fraction of sp³-hybridized carbons (Fsp3) is 0.625. The first-order valence-corrected chi connectivity index (χ1v) is 8.97. The number of sulfonamides is 1. The van der Waals surface area contributed by atoms with Crippen LogP contribution in [0.15, 0.2) is 29.2 Å². The van der Waals surface area contributed by atoms with Gasteiger partial charge in [0.05, 0.1) is 4.90 Å². The van der Waals surface area contributed by atoms with Crippen molar-refractivity contribution < 1.29 is 8.42 Å². The molecule has 21 heavy (non-hydrogen) atoms. The van der Waals surface area contributed by atoms with Crippen molar-refractivity contribution in [3.8, 4) is 0 Å². The molecule has 0 aliphatic rings. The minimum Gasteiger partial charge on any atom is -0.313 e. The zero-order valence-electron chi connectivity index (χ0n) is 13.8. The van der Waals surface area contributed by atoms with E-state index in [2.05, 4.69) is 19.2 Å². The Labute approximate surface area is 129 Å². The number of hydrogen-bond donors (Lipinski definition) is 1. The van der Waals surface area contributed by atoms with E-state index in [1.807, 2.05) is 26.0 Å². The third-order valence-corrected chi connectivity index (χ3v) is 5.60. The molecule has 1 aromatic rings. The van der Waals surface area contributed by atoms with E-state index in [9.17, 15) is 8.42 Å². The van der Waals surface area contributed by atoms with Crippen molar-refractivity contribution in [2.45, 2.75) is 51.6 Å². The van der Waals surface area contributed by atoms with Crippen LogP contribution in [-0.4, -0.2) is 32.4 Å². The summed E-state index contributed by atoms with van der Waals surface area (Å²) in [6.45, 7) is 9.88. The van der Waals surface area contributed by atoms with Crippen molar-refractivity contribution in [3.63, 3.8) is 0 Å². The molecule has 0 aliphatic carbocycles. The monoisotopic (exact) mass is 312 g/mol. The molecule has 0 amide bonds.